The predicted molar refractivity (Wildman–Crippen MR) is 95.5 cm³/mol. The number of nitrogens with zero attached hydrogens (tertiary/aromatic N) is 3. The highest BCUT2D eigenvalue weighted by molar-refractivity contribution is 6.30. The van der Waals surface area contributed by atoms with Gasteiger partial charge < -0.3 is 15.5 Å². The Morgan fingerprint density at radius 2 is 2.09 bits per heavy atom. The molecule has 0 radical (unpaired) electrons. The molecule has 3 rings (SSSR count). The fraction of sp³-hybridized carbons (Fsp3) is 0.412. The lowest BCUT2D eigenvalue weighted by Gasteiger charge is -2.29. The van der Waals surface area contributed by atoms with Crippen LogP contribution >= 0.6 is 11.6 Å². The topological polar surface area (TPSA) is 53.1 Å². The molecule has 0 unspecified atom stereocenters. The zero-order valence-electron chi connectivity index (χ0n) is 13.3. The van der Waals surface area contributed by atoms with Crippen LogP contribution in [0, 0.1) is 5.92 Å². The molecule has 23 heavy (non-hydrogen) atoms. The van der Waals surface area contributed by atoms with Crippen molar-refractivity contribution in [2.45, 2.75) is 12.8 Å². The molecule has 122 valence electrons. The Balaban J connectivity index is 1.57. The zero-order valence-corrected chi connectivity index (χ0v) is 14.1. The van der Waals surface area contributed by atoms with Gasteiger partial charge in [0.25, 0.3) is 0 Å². The minimum Gasteiger partial charge on any atom is -0.370 e. The second-order valence-corrected chi connectivity index (χ2v) is 6.46. The van der Waals surface area contributed by atoms with E-state index in [2.05, 4.69) is 32.5 Å². The number of halogens is 1. The minimum atomic E-state index is 0.570. The Morgan fingerprint density at radius 3 is 2.87 bits per heavy atom. The molecule has 0 amide bonds. The van der Waals surface area contributed by atoms with Crippen LogP contribution in [0.5, 0.6) is 0 Å². The van der Waals surface area contributed by atoms with E-state index in [9.17, 15) is 0 Å². The highest BCUT2D eigenvalue weighted by atomic mass is 35.5. The molecular weight excluding hydrogens is 310 g/mol. The fourth-order valence-electron chi connectivity index (χ4n) is 2.73. The van der Waals surface area contributed by atoms with Crippen LogP contribution in [0.15, 0.2) is 36.5 Å². The van der Waals surface area contributed by atoms with Gasteiger partial charge in [-0.2, -0.15) is 4.98 Å². The van der Waals surface area contributed by atoms with Crippen LogP contribution in [0.3, 0.4) is 0 Å². The minimum absolute atomic E-state index is 0.570. The van der Waals surface area contributed by atoms with Crippen molar-refractivity contribution in [3.8, 4) is 0 Å². The first-order valence-electron chi connectivity index (χ1n) is 7.97. The fourth-order valence-corrected chi connectivity index (χ4v) is 2.92. The third-order valence-corrected chi connectivity index (χ3v) is 4.38. The lowest BCUT2D eigenvalue weighted by atomic mass is 9.97. The molecule has 0 saturated carbocycles. The van der Waals surface area contributed by atoms with Gasteiger partial charge in [-0.1, -0.05) is 17.7 Å². The predicted octanol–water partition coefficient (Wildman–Crippen LogP) is 3.63. The van der Waals surface area contributed by atoms with Gasteiger partial charge in [0.1, 0.15) is 5.82 Å². The second-order valence-electron chi connectivity index (χ2n) is 6.03. The summed E-state index contributed by atoms with van der Waals surface area (Å²) in [5, 5.41) is 7.29. The number of benzene rings is 1. The first-order chi connectivity index (χ1) is 11.2. The summed E-state index contributed by atoms with van der Waals surface area (Å²) < 4.78 is 0. The van der Waals surface area contributed by atoms with E-state index < -0.39 is 0 Å². The summed E-state index contributed by atoms with van der Waals surface area (Å²) in [4.78, 5) is 11.2. The quantitative estimate of drug-likeness (QED) is 0.876. The summed E-state index contributed by atoms with van der Waals surface area (Å²) in [5.74, 6) is 2.13. The smallest absolute Gasteiger partial charge is 0.229 e. The monoisotopic (exact) mass is 331 g/mol. The van der Waals surface area contributed by atoms with Crippen LogP contribution in [0.2, 0.25) is 5.02 Å². The van der Waals surface area contributed by atoms with Crippen LogP contribution in [-0.4, -0.2) is 41.5 Å². The molecule has 2 aromatic rings. The molecule has 1 aliphatic heterocycles. The average Bonchev–Trinajstić information content (AvgIpc) is 2.55. The van der Waals surface area contributed by atoms with Crippen molar-refractivity contribution < 1.29 is 0 Å². The van der Waals surface area contributed by atoms with E-state index in [0.717, 1.165) is 18.1 Å². The van der Waals surface area contributed by atoms with E-state index in [0.29, 0.717) is 16.9 Å². The molecule has 0 aliphatic carbocycles. The van der Waals surface area contributed by atoms with E-state index in [4.69, 9.17) is 11.6 Å². The van der Waals surface area contributed by atoms with Crippen LogP contribution in [0.1, 0.15) is 12.8 Å². The normalized spacial score (nSPS) is 16.3. The Hall–Kier alpha value is -1.85. The number of nitrogens with one attached hydrogen (secondary N) is 2. The molecule has 0 spiro atoms. The Kier molecular flexibility index (Phi) is 5.31. The second kappa shape index (κ2) is 7.62. The Bertz CT molecular complexity index is 640. The third-order valence-electron chi connectivity index (χ3n) is 4.15. The molecule has 2 heterocycles. The molecule has 2 N–H and O–H groups in total. The van der Waals surface area contributed by atoms with Crippen LogP contribution < -0.4 is 10.6 Å². The van der Waals surface area contributed by atoms with Crippen molar-refractivity contribution >= 4 is 29.1 Å². The molecular formula is C17H22ClN5. The van der Waals surface area contributed by atoms with Crippen molar-refractivity contribution in [1.82, 2.24) is 14.9 Å². The molecule has 1 aromatic carbocycles. The number of hydrogen-bond acceptors (Lipinski definition) is 5. The SMILES string of the molecule is CN1CCC(CNc2ccnc(Nc3cccc(Cl)c3)n2)CC1. The first kappa shape index (κ1) is 16.0. The van der Waals surface area contributed by atoms with Crippen molar-refractivity contribution in [2.24, 2.45) is 5.92 Å². The maximum Gasteiger partial charge on any atom is 0.229 e. The van der Waals surface area contributed by atoms with Crippen molar-refractivity contribution in [2.75, 3.05) is 37.3 Å². The summed E-state index contributed by atoms with van der Waals surface area (Å²) in [7, 11) is 2.18. The van der Waals surface area contributed by atoms with Gasteiger partial charge in [-0.05, 0) is 63.2 Å². The van der Waals surface area contributed by atoms with Crippen molar-refractivity contribution in [1.29, 1.82) is 0 Å². The first-order valence-corrected chi connectivity index (χ1v) is 8.35. The van der Waals surface area contributed by atoms with Gasteiger partial charge in [0, 0.05) is 23.5 Å². The summed E-state index contributed by atoms with van der Waals surface area (Å²) in [6.45, 7) is 3.32. The lowest BCUT2D eigenvalue weighted by Crippen LogP contribution is -2.33. The Labute approximate surface area is 142 Å². The highest BCUT2D eigenvalue weighted by Gasteiger charge is 2.16. The van der Waals surface area contributed by atoms with Gasteiger partial charge in [0.15, 0.2) is 0 Å². The summed E-state index contributed by atoms with van der Waals surface area (Å²) in [5.41, 5.74) is 0.880. The van der Waals surface area contributed by atoms with Gasteiger partial charge in [0.05, 0.1) is 0 Å². The van der Waals surface area contributed by atoms with Gasteiger partial charge in [-0.3, -0.25) is 0 Å². The van der Waals surface area contributed by atoms with Crippen LogP contribution in [-0.2, 0) is 0 Å². The Morgan fingerprint density at radius 1 is 1.26 bits per heavy atom. The van der Waals surface area contributed by atoms with Crippen LogP contribution in [0.4, 0.5) is 17.5 Å². The standard InChI is InChI=1S/C17H22ClN5/c1-23-9-6-13(7-10-23)12-20-16-5-8-19-17(22-16)21-15-4-2-3-14(18)11-15/h2-5,8,11,13H,6-7,9-10,12H2,1H3,(H2,19,20,21,22). The number of anilines is 3. The number of rotatable bonds is 5. The van der Waals surface area contributed by atoms with E-state index >= 15 is 0 Å². The molecule has 0 bridgehead atoms. The molecule has 6 heteroatoms. The zero-order chi connectivity index (χ0) is 16.1. The number of piperidine rings is 1. The van der Waals surface area contributed by atoms with E-state index in [1.54, 1.807) is 6.20 Å². The lowest BCUT2D eigenvalue weighted by molar-refractivity contribution is 0.226. The summed E-state index contributed by atoms with van der Waals surface area (Å²) >= 11 is 5.99. The molecule has 1 fully saturated rings. The van der Waals surface area contributed by atoms with Crippen molar-refractivity contribution in [3.63, 3.8) is 0 Å². The molecule has 0 atom stereocenters. The summed E-state index contributed by atoms with van der Waals surface area (Å²) in [6.07, 6.45) is 4.24. The molecule has 1 aliphatic rings. The largest absolute Gasteiger partial charge is 0.370 e. The van der Waals surface area contributed by atoms with E-state index in [1.807, 2.05) is 30.3 Å². The summed E-state index contributed by atoms with van der Waals surface area (Å²) in [6, 6.07) is 9.43. The number of likely N-dealkylation sites (tertiary alicyclic amines) is 1. The van der Waals surface area contributed by atoms with Gasteiger partial charge in [0.2, 0.25) is 5.95 Å². The van der Waals surface area contributed by atoms with E-state index in [1.165, 1.54) is 25.9 Å². The maximum absolute atomic E-state index is 5.99. The van der Waals surface area contributed by atoms with Gasteiger partial charge in [-0.15, -0.1) is 0 Å². The maximum atomic E-state index is 5.99. The molecule has 1 saturated heterocycles. The number of hydrogen-bond donors (Lipinski definition) is 2. The average molecular weight is 332 g/mol. The van der Waals surface area contributed by atoms with Gasteiger partial charge >= 0.3 is 0 Å². The molecule has 1 aromatic heterocycles. The number of aromatic nitrogens is 2. The van der Waals surface area contributed by atoms with Crippen molar-refractivity contribution in [3.05, 3.63) is 41.6 Å². The van der Waals surface area contributed by atoms with E-state index in [-0.39, 0.29) is 0 Å². The van der Waals surface area contributed by atoms with Gasteiger partial charge in [-0.25, -0.2) is 4.98 Å². The highest BCUT2D eigenvalue weighted by Crippen LogP contribution is 2.19. The molecule has 5 nitrogen and oxygen atoms in total. The third kappa shape index (κ3) is 4.81. The van der Waals surface area contributed by atoms with Crippen LogP contribution in [0.25, 0.3) is 0 Å².